The van der Waals surface area contributed by atoms with Gasteiger partial charge in [0.1, 0.15) is 4.90 Å². The molecule has 3 heterocycles. The average molecular weight is 493 g/mol. The molecule has 0 unspecified atom stereocenters. The number of imidazole rings is 1. The molecule has 0 bridgehead atoms. The van der Waals surface area contributed by atoms with Gasteiger partial charge in [-0.1, -0.05) is 29.8 Å². The van der Waals surface area contributed by atoms with Crippen molar-refractivity contribution in [2.24, 2.45) is 0 Å². The van der Waals surface area contributed by atoms with Crippen LogP contribution in [0.25, 0.3) is 11.5 Å². The summed E-state index contributed by atoms with van der Waals surface area (Å²) in [6.07, 6.45) is 9.15. The van der Waals surface area contributed by atoms with Gasteiger partial charge in [0.15, 0.2) is 0 Å². The molecule has 0 spiro atoms. The standard InChI is InChI=1S/C23H17ClN6O3S/c24-18-2-1-3-19(10-18)30-15-21(13-28-30)34(32,33)20-6-4-16(5-7-20)11-26-22(31)17-12-27-23-25-8-9-29(23)14-17/h1-10,12-15H,11H2,(H,26,31). The lowest BCUT2D eigenvalue weighted by molar-refractivity contribution is 0.0950. The largest absolute Gasteiger partial charge is 0.348 e. The van der Waals surface area contributed by atoms with Crippen molar-refractivity contribution in [3.8, 4) is 5.69 Å². The van der Waals surface area contributed by atoms with E-state index in [1.807, 2.05) is 0 Å². The Labute approximate surface area is 199 Å². The third-order valence-electron chi connectivity index (χ3n) is 5.14. The van der Waals surface area contributed by atoms with Crippen LogP contribution >= 0.6 is 11.6 Å². The van der Waals surface area contributed by atoms with Gasteiger partial charge in [-0.2, -0.15) is 5.10 Å². The summed E-state index contributed by atoms with van der Waals surface area (Å²) in [7, 11) is -3.76. The number of amides is 1. The van der Waals surface area contributed by atoms with E-state index in [0.717, 1.165) is 5.56 Å². The van der Waals surface area contributed by atoms with Crippen LogP contribution < -0.4 is 5.32 Å². The Hall–Kier alpha value is -4.02. The van der Waals surface area contributed by atoms with Crippen LogP contribution in [-0.4, -0.2) is 38.5 Å². The van der Waals surface area contributed by atoms with Crippen LogP contribution in [0.1, 0.15) is 15.9 Å². The molecule has 0 aliphatic carbocycles. The molecular formula is C23H17ClN6O3S. The molecule has 5 aromatic rings. The summed E-state index contributed by atoms with van der Waals surface area (Å²) in [6.45, 7) is 0.230. The highest BCUT2D eigenvalue weighted by Crippen LogP contribution is 2.22. The van der Waals surface area contributed by atoms with Crippen molar-refractivity contribution in [3.63, 3.8) is 0 Å². The Morgan fingerprint density at radius 1 is 1.00 bits per heavy atom. The Balaban J connectivity index is 1.28. The molecule has 1 amide bonds. The van der Waals surface area contributed by atoms with E-state index >= 15 is 0 Å². The topological polar surface area (TPSA) is 111 Å². The summed E-state index contributed by atoms with van der Waals surface area (Å²) in [5, 5.41) is 7.48. The first-order chi connectivity index (χ1) is 16.4. The molecule has 0 saturated heterocycles. The normalized spacial score (nSPS) is 11.6. The molecule has 9 nitrogen and oxygen atoms in total. The number of fused-ring (bicyclic) bond motifs is 1. The van der Waals surface area contributed by atoms with Crippen LogP contribution in [0.2, 0.25) is 5.02 Å². The Morgan fingerprint density at radius 3 is 2.62 bits per heavy atom. The number of benzene rings is 2. The second-order valence-corrected chi connectivity index (χ2v) is 9.79. The zero-order valence-corrected chi connectivity index (χ0v) is 19.1. The van der Waals surface area contributed by atoms with Gasteiger partial charge in [-0.3, -0.25) is 9.20 Å². The lowest BCUT2D eigenvalue weighted by Crippen LogP contribution is -2.23. The fourth-order valence-electron chi connectivity index (χ4n) is 3.35. The molecule has 0 atom stereocenters. The number of hydrogen-bond donors (Lipinski definition) is 1. The summed E-state index contributed by atoms with van der Waals surface area (Å²) in [5.41, 5.74) is 1.79. The first kappa shape index (κ1) is 21.8. The van der Waals surface area contributed by atoms with E-state index in [2.05, 4.69) is 20.4 Å². The van der Waals surface area contributed by atoms with Crippen molar-refractivity contribution in [1.82, 2.24) is 29.5 Å². The highest BCUT2D eigenvalue weighted by atomic mass is 35.5. The summed E-state index contributed by atoms with van der Waals surface area (Å²) >= 11 is 6.01. The van der Waals surface area contributed by atoms with E-state index in [1.165, 1.54) is 35.4 Å². The third-order valence-corrected chi connectivity index (χ3v) is 7.10. The van der Waals surface area contributed by atoms with Crippen molar-refractivity contribution < 1.29 is 13.2 Å². The lowest BCUT2D eigenvalue weighted by atomic mass is 10.2. The number of carbonyl (C=O) groups excluding carboxylic acids is 1. The molecule has 170 valence electrons. The average Bonchev–Trinajstić information content (AvgIpc) is 3.52. The van der Waals surface area contributed by atoms with Crippen molar-refractivity contribution in [1.29, 1.82) is 0 Å². The SMILES string of the molecule is O=C(NCc1ccc(S(=O)(=O)c2cnn(-c3cccc(Cl)c3)c2)cc1)c1cnc2nccn2c1. The van der Waals surface area contributed by atoms with Crippen LogP contribution in [-0.2, 0) is 16.4 Å². The second kappa shape index (κ2) is 8.73. The molecule has 0 aliphatic rings. The zero-order chi connectivity index (χ0) is 23.7. The fraction of sp³-hybridized carbons (Fsp3) is 0.0435. The van der Waals surface area contributed by atoms with Crippen LogP contribution in [0.5, 0.6) is 0 Å². The molecule has 0 fully saturated rings. The van der Waals surface area contributed by atoms with Gasteiger partial charge in [-0.25, -0.2) is 23.1 Å². The highest BCUT2D eigenvalue weighted by Gasteiger charge is 2.20. The predicted octanol–water partition coefficient (Wildman–Crippen LogP) is 3.33. The summed E-state index contributed by atoms with van der Waals surface area (Å²) < 4.78 is 29.2. The number of nitrogens with zero attached hydrogens (tertiary/aromatic N) is 5. The number of nitrogens with one attached hydrogen (secondary N) is 1. The van der Waals surface area contributed by atoms with Gasteiger partial charge in [-0.05, 0) is 35.9 Å². The molecule has 11 heteroatoms. The molecule has 2 aromatic carbocycles. The number of aromatic nitrogens is 5. The minimum absolute atomic E-state index is 0.0657. The fourth-order valence-corrected chi connectivity index (χ4v) is 4.72. The molecule has 0 aliphatic heterocycles. The summed E-state index contributed by atoms with van der Waals surface area (Å²) in [6, 6.07) is 13.3. The van der Waals surface area contributed by atoms with Crippen LogP contribution in [0.3, 0.4) is 0 Å². The smallest absolute Gasteiger partial charge is 0.254 e. The molecule has 3 aromatic heterocycles. The van der Waals surface area contributed by atoms with Gasteiger partial charge in [0, 0.05) is 42.6 Å². The van der Waals surface area contributed by atoms with Gasteiger partial charge < -0.3 is 5.32 Å². The predicted molar refractivity (Wildman–Crippen MR) is 125 cm³/mol. The maximum Gasteiger partial charge on any atom is 0.254 e. The van der Waals surface area contributed by atoms with Crippen LogP contribution in [0.15, 0.2) is 95.5 Å². The van der Waals surface area contributed by atoms with Crippen LogP contribution in [0, 0.1) is 0 Å². The Morgan fingerprint density at radius 2 is 1.82 bits per heavy atom. The molecule has 0 saturated carbocycles. The molecule has 0 radical (unpaired) electrons. The zero-order valence-electron chi connectivity index (χ0n) is 17.5. The molecule has 1 N–H and O–H groups in total. The first-order valence-electron chi connectivity index (χ1n) is 10.1. The number of carbonyl (C=O) groups is 1. The Kier molecular flexibility index (Phi) is 5.60. The second-order valence-electron chi connectivity index (χ2n) is 7.41. The van der Waals surface area contributed by atoms with Crippen molar-refractivity contribution in [3.05, 3.63) is 102 Å². The monoisotopic (exact) mass is 492 g/mol. The third kappa shape index (κ3) is 4.28. The van der Waals surface area contributed by atoms with Gasteiger partial charge >= 0.3 is 0 Å². The van der Waals surface area contributed by atoms with Gasteiger partial charge in [0.2, 0.25) is 15.6 Å². The minimum Gasteiger partial charge on any atom is -0.348 e. The number of hydrogen-bond acceptors (Lipinski definition) is 6. The van der Waals surface area contributed by atoms with E-state index in [-0.39, 0.29) is 22.2 Å². The number of rotatable bonds is 6. The lowest BCUT2D eigenvalue weighted by Gasteiger charge is -2.07. The molecule has 5 rings (SSSR count). The number of sulfone groups is 1. The van der Waals surface area contributed by atoms with Crippen molar-refractivity contribution in [2.45, 2.75) is 16.3 Å². The van der Waals surface area contributed by atoms with Gasteiger partial charge in [-0.15, -0.1) is 0 Å². The molecule has 34 heavy (non-hydrogen) atoms. The summed E-state index contributed by atoms with van der Waals surface area (Å²) in [4.78, 5) is 20.8. The van der Waals surface area contributed by atoms with Gasteiger partial charge in [0.05, 0.1) is 22.3 Å². The number of halogens is 1. The summed E-state index contributed by atoms with van der Waals surface area (Å²) in [5.74, 6) is 0.208. The first-order valence-corrected chi connectivity index (χ1v) is 12.0. The molecular weight excluding hydrogens is 476 g/mol. The quantitative estimate of drug-likeness (QED) is 0.389. The maximum absolute atomic E-state index is 13.0. The van der Waals surface area contributed by atoms with Crippen LogP contribution in [0.4, 0.5) is 0 Å². The Bertz CT molecular complexity index is 1610. The van der Waals surface area contributed by atoms with E-state index < -0.39 is 9.84 Å². The van der Waals surface area contributed by atoms with E-state index in [1.54, 1.807) is 59.4 Å². The van der Waals surface area contributed by atoms with Crippen molar-refractivity contribution in [2.75, 3.05) is 0 Å². The van der Waals surface area contributed by atoms with Gasteiger partial charge in [0.25, 0.3) is 5.91 Å². The van der Waals surface area contributed by atoms with E-state index in [9.17, 15) is 13.2 Å². The maximum atomic E-state index is 13.0. The van der Waals surface area contributed by atoms with E-state index in [4.69, 9.17) is 11.6 Å². The highest BCUT2D eigenvalue weighted by molar-refractivity contribution is 7.91. The van der Waals surface area contributed by atoms with Crippen molar-refractivity contribution >= 4 is 33.1 Å². The van der Waals surface area contributed by atoms with E-state index in [0.29, 0.717) is 22.1 Å². The minimum atomic E-state index is -3.76.